The molecule has 0 unspecified atom stereocenters. The van der Waals surface area contributed by atoms with Gasteiger partial charge in [-0.2, -0.15) is 0 Å². The molecule has 21 heavy (non-hydrogen) atoms. The number of halogens is 1. The third kappa shape index (κ3) is 4.35. The summed E-state index contributed by atoms with van der Waals surface area (Å²) in [6.07, 6.45) is 2.41. The highest BCUT2D eigenvalue weighted by molar-refractivity contribution is 6.33. The fourth-order valence-electron chi connectivity index (χ4n) is 2.98. The quantitative estimate of drug-likeness (QED) is 0.899. The Morgan fingerprint density at radius 1 is 1.33 bits per heavy atom. The van der Waals surface area contributed by atoms with Gasteiger partial charge in [0.15, 0.2) is 0 Å². The molecule has 1 aromatic rings. The van der Waals surface area contributed by atoms with Crippen LogP contribution in [0.4, 0.5) is 5.69 Å². The van der Waals surface area contributed by atoms with Crippen LogP contribution < -0.4 is 10.2 Å². The van der Waals surface area contributed by atoms with E-state index in [1.54, 1.807) is 0 Å². The second-order valence-corrected chi connectivity index (χ2v) is 6.84. The average molecular weight is 310 g/mol. The van der Waals surface area contributed by atoms with Gasteiger partial charge in [0.25, 0.3) is 0 Å². The highest BCUT2D eigenvalue weighted by atomic mass is 35.5. The van der Waals surface area contributed by atoms with Gasteiger partial charge in [-0.25, -0.2) is 0 Å². The fourth-order valence-corrected chi connectivity index (χ4v) is 3.30. The molecule has 1 aliphatic rings. The number of hydrogen-bond acceptors (Lipinski definition) is 3. The molecule has 0 saturated carbocycles. The van der Waals surface area contributed by atoms with Crippen LogP contribution in [0.25, 0.3) is 0 Å². The average Bonchev–Trinajstić information content (AvgIpc) is 2.45. The summed E-state index contributed by atoms with van der Waals surface area (Å²) in [7, 11) is 4.39. The van der Waals surface area contributed by atoms with Crippen molar-refractivity contribution < 1.29 is 0 Å². The van der Waals surface area contributed by atoms with Gasteiger partial charge in [0.1, 0.15) is 0 Å². The van der Waals surface area contributed by atoms with E-state index >= 15 is 0 Å². The van der Waals surface area contributed by atoms with Crippen molar-refractivity contribution in [3.63, 3.8) is 0 Å². The summed E-state index contributed by atoms with van der Waals surface area (Å²) < 4.78 is 0. The van der Waals surface area contributed by atoms with Crippen LogP contribution >= 0.6 is 11.6 Å². The molecule has 3 nitrogen and oxygen atoms in total. The molecule has 1 heterocycles. The summed E-state index contributed by atoms with van der Waals surface area (Å²) in [4.78, 5) is 4.80. The van der Waals surface area contributed by atoms with E-state index in [-0.39, 0.29) is 0 Å². The van der Waals surface area contributed by atoms with Crippen LogP contribution in [0.1, 0.15) is 32.3 Å². The summed E-state index contributed by atoms with van der Waals surface area (Å²) in [5, 5.41) is 4.36. The van der Waals surface area contributed by atoms with E-state index in [9.17, 15) is 0 Å². The van der Waals surface area contributed by atoms with Crippen molar-refractivity contribution in [2.24, 2.45) is 0 Å². The van der Waals surface area contributed by atoms with Gasteiger partial charge in [0.2, 0.25) is 0 Å². The molecule has 0 aromatic heterocycles. The largest absolute Gasteiger partial charge is 0.370 e. The molecule has 0 bridgehead atoms. The Labute approximate surface area is 134 Å². The maximum Gasteiger partial charge on any atom is 0.0642 e. The lowest BCUT2D eigenvalue weighted by atomic mass is 10.0. The van der Waals surface area contributed by atoms with Crippen molar-refractivity contribution in [3.8, 4) is 0 Å². The van der Waals surface area contributed by atoms with E-state index in [1.807, 2.05) is 12.1 Å². The first kappa shape index (κ1) is 16.6. The maximum absolute atomic E-state index is 6.51. The number of anilines is 1. The first-order valence-electron chi connectivity index (χ1n) is 7.91. The molecule has 0 amide bonds. The predicted molar refractivity (Wildman–Crippen MR) is 92.3 cm³/mol. The number of nitrogens with zero attached hydrogens (tertiary/aromatic N) is 2. The van der Waals surface area contributed by atoms with Crippen molar-refractivity contribution in [1.29, 1.82) is 0 Å². The third-order valence-corrected chi connectivity index (χ3v) is 4.66. The summed E-state index contributed by atoms with van der Waals surface area (Å²) in [5.41, 5.74) is 2.49. The molecule has 1 N–H and O–H groups in total. The van der Waals surface area contributed by atoms with Gasteiger partial charge < -0.3 is 15.1 Å². The fraction of sp³-hybridized carbons (Fsp3) is 0.647. The number of benzene rings is 1. The zero-order valence-corrected chi connectivity index (χ0v) is 14.5. The molecule has 0 spiro atoms. The molecule has 4 heteroatoms. The number of rotatable bonds is 5. The topological polar surface area (TPSA) is 18.5 Å². The van der Waals surface area contributed by atoms with Gasteiger partial charge in [0.05, 0.1) is 10.7 Å². The highest BCUT2D eigenvalue weighted by Gasteiger charge is 2.23. The Hall–Kier alpha value is -0.770. The van der Waals surface area contributed by atoms with Crippen molar-refractivity contribution >= 4 is 17.3 Å². The number of likely N-dealkylation sites (tertiary alicyclic amines) is 1. The van der Waals surface area contributed by atoms with Crippen molar-refractivity contribution in [1.82, 2.24) is 10.2 Å². The molecular formula is C17H28ClN3. The molecule has 1 aromatic carbocycles. The maximum atomic E-state index is 6.51. The Morgan fingerprint density at radius 2 is 2.00 bits per heavy atom. The number of hydrogen-bond donors (Lipinski definition) is 1. The lowest BCUT2D eigenvalue weighted by Gasteiger charge is -2.37. The number of para-hydroxylation sites is 1. The second kappa shape index (κ2) is 7.48. The van der Waals surface area contributed by atoms with Crippen LogP contribution in [-0.4, -0.2) is 44.2 Å². The van der Waals surface area contributed by atoms with Crippen LogP contribution in [0, 0.1) is 0 Å². The lowest BCUT2D eigenvalue weighted by Crippen LogP contribution is -2.42. The van der Waals surface area contributed by atoms with E-state index < -0.39 is 0 Å². The number of nitrogens with one attached hydrogen (secondary N) is 1. The van der Waals surface area contributed by atoms with Gasteiger partial charge in [0, 0.05) is 25.7 Å². The lowest BCUT2D eigenvalue weighted by molar-refractivity contribution is 0.252. The normalized spacial score (nSPS) is 17.4. The molecule has 2 rings (SSSR count). The molecular weight excluding hydrogens is 282 g/mol. The molecule has 0 aliphatic carbocycles. The predicted octanol–water partition coefficient (Wildman–Crippen LogP) is 3.37. The van der Waals surface area contributed by atoms with Crippen LogP contribution in [0.5, 0.6) is 0 Å². The van der Waals surface area contributed by atoms with Crippen LogP contribution in [0.15, 0.2) is 18.2 Å². The summed E-state index contributed by atoms with van der Waals surface area (Å²) >= 11 is 6.51. The van der Waals surface area contributed by atoms with Crippen LogP contribution in [0.3, 0.4) is 0 Å². The van der Waals surface area contributed by atoms with E-state index in [1.165, 1.54) is 37.2 Å². The Balaban J connectivity index is 2.16. The summed E-state index contributed by atoms with van der Waals surface area (Å²) in [5.74, 6) is 0. The van der Waals surface area contributed by atoms with Crippen molar-refractivity contribution in [3.05, 3.63) is 28.8 Å². The van der Waals surface area contributed by atoms with Gasteiger partial charge in [-0.3, -0.25) is 0 Å². The van der Waals surface area contributed by atoms with Gasteiger partial charge >= 0.3 is 0 Å². The summed E-state index contributed by atoms with van der Waals surface area (Å²) in [6.45, 7) is 7.54. The Morgan fingerprint density at radius 3 is 2.62 bits per heavy atom. The number of piperidine rings is 1. The molecule has 1 saturated heterocycles. The van der Waals surface area contributed by atoms with Crippen molar-refractivity contribution in [2.75, 3.05) is 32.1 Å². The summed E-state index contributed by atoms with van der Waals surface area (Å²) in [6, 6.07) is 7.29. The zero-order chi connectivity index (χ0) is 15.4. The van der Waals surface area contributed by atoms with Crippen LogP contribution in [0.2, 0.25) is 5.02 Å². The third-order valence-electron chi connectivity index (χ3n) is 4.36. The molecule has 1 fully saturated rings. The Bertz CT molecular complexity index is 453. The zero-order valence-electron chi connectivity index (χ0n) is 13.7. The Kier molecular flexibility index (Phi) is 5.91. The SMILES string of the molecule is CC(C)NCc1cccc(Cl)c1N(C)C1CCN(C)CC1. The molecule has 1 aliphatic heterocycles. The van der Waals surface area contributed by atoms with E-state index in [4.69, 9.17) is 11.6 Å². The van der Waals surface area contributed by atoms with Gasteiger partial charge in [-0.15, -0.1) is 0 Å². The second-order valence-electron chi connectivity index (χ2n) is 6.43. The van der Waals surface area contributed by atoms with Crippen molar-refractivity contribution in [2.45, 2.75) is 45.3 Å². The minimum Gasteiger partial charge on any atom is -0.370 e. The minimum absolute atomic E-state index is 0.477. The smallest absolute Gasteiger partial charge is 0.0642 e. The highest BCUT2D eigenvalue weighted by Crippen LogP contribution is 2.32. The first-order valence-corrected chi connectivity index (χ1v) is 8.29. The molecule has 0 atom stereocenters. The molecule has 118 valence electrons. The minimum atomic E-state index is 0.477. The van der Waals surface area contributed by atoms with E-state index in [2.05, 4.69) is 49.1 Å². The van der Waals surface area contributed by atoms with Gasteiger partial charge in [-0.05, 0) is 44.6 Å². The molecule has 0 radical (unpaired) electrons. The standard InChI is InChI=1S/C17H28ClN3/c1-13(2)19-12-14-6-5-7-16(18)17(14)21(4)15-8-10-20(3)11-9-15/h5-7,13,15,19H,8-12H2,1-4H3. The van der Waals surface area contributed by atoms with Gasteiger partial charge in [-0.1, -0.05) is 37.6 Å². The van der Waals surface area contributed by atoms with E-state index in [0.29, 0.717) is 12.1 Å². The van der Waals surface area contributed by atoms with E-state index in [0.717, 1.165) is 11.6 Å². The van der Waals surface area contributed by atoms with Crippen LogP contribution in [-0.2, 0) is 6.54 Å². The monoisotopic (exact) mass is 309 g/mol. The first-order chi connectivity index (χ1) is 9.99.